The van der Waals surface area contributed by atoms with Gasteiger partial charge in [0.2, 0.25) is 0 Å². The van der Waals surface area contributed by atoms with E-state index in [-0.39, 0.29) is 5.91 Å². The highest BCUT2D eigenvalue weighted by Crippen LogP contribution is 2.27. The van der Waals surface area contributed by atoms with Crippen LogP contribution in [0.4, 0.5) is 0 Å². The summed E-state index contributed by atoms with van der Waals surface area (Å²) >= 11 is 9.46. The Labute approximate surface area is 134 Å². The van der Waals surface area contributed by atoms with Gasteiger partial charge in [0.25, 0.3) is 5.91 Å². The van der Waals surface area contributed by atoms with Crippen molar-refractivity contribution >= 4 is 33.4 Å². The SMILES string of the molecule is Cc1cccc(C(=O)N(CCCl)C2CCCCC2)c1Br. The lowest BCUT2D eigenvalue weighted by atomic mass is 9.93. The zero-order valence-corrected chi connectivity index (χ0v) is 14.2. The van der Waals surface area contributed by atoms with E-state index in [9.17, 15) is 4.79 Å². The summed E-state index contributed by atoms with van der Waals surface area (Å²) in [4.78, 5) is 14.8. The average molecular weight is 359 g/mol. The molecular formula is C16H21BrClNO. The van der Waals surface area contributed by atoms with Gasteiger partial charge in [-0.1, -0.05) is 31.4 Å². The normalized spacial score (nSPS) is 16.1. The molecule has 0 spiro atoms. The summed E-state index contributed by atoms with van der Waals surface area (Å²) in [6, 6.07) is 6.19. The zero-order chi connectivity index (χ0) is 14.5. The molecule has 0 aromatic heterocycles. The summed E-state index contributed by atoms with van der Waals surface area (Å²) in [5, 5.41) is 0. The fourth-order valence-corrected chi connectivity index (χ4v) is 3.52. The lowest BCUT2D eigenvalue weighted by Crippen LogP contribution is -2.42. The van der Waals surface area contributed by atoms with E-state index < -0.39 is 0 Å². The minimum absolute atomic E-state index is 0.105. The molecule has 4 heteroatoms. The molecule has 0 aliphatic heterocycles. The molecule has 2 nitrogen and oxygen atoms in total. The predicted molar refractivity (Wildman–Crippen MR) is 87.5 cm³/mol. The molecule has 1 aliphatic rings. The second-order valence-electron chi connectivity index (χ2n) is 5.42. The lowest BCUT2D eigenvalue weighted by Gasteiger charge is -2.34. The summed E-state index contributed by atoms with van der Waals surface area (Å²) in [5.74, 6) is 0.596. The van der Waals surface area contributed by atoms with Gasteiger partial charge in [0.15, 0.2) is 0 Å². The van der Waals surface area contributed by atoms with Crippen molar-refractivity contribution in [1.82, 2.24) is 4.90 Å². The molecular weight excluding hydrogens is 338 g/mol. The second kappa shape index (κ2) is 7.46. The van der Waals surface area contributed by atoms with Crippen LogP contribution in [0.15, 0.2) is 22.7 Å². The van der Waals surface area contributed by atoms with Crippen molar-refractivity contribution in [2.75, 3.05) is 12.4 Å². The average Bonchev–Trinajstić information content (AvgIpc) is 2.48. The van der Waals surface area contributed by atoms with Crippen LogP contribution in [-0.4, -0.2) is 29.3 Å². The molecule has 1 amide bonds. The number of hydrogen-bond acceptors (Lipinski definition) is 1. The van der Waals surface area contributed by atoms with Gasteiger partial charge in [-0.25, -0.2) is 0 Å². The third-order valence-corrected chi connectivity index (χ3v) is 5.25. The Bertz CT molecular complexity index is 472. The van der Waals surface area contributed by atoms with Crippen molar-refractivity contribution in [3.8, 4) is 0 Å². The van der Waals surface area contributed by atoms with Gasteiger partial charge in [-0.15, -0.1) is 11.6 Å². The minimum atomic E-state index is 0.105. The van der Waals surface area contributed by atoms with Gasteiger partial charge in [-0.3, -0.25) is 4.79 Å². The number of nitrogens with zero attached hydrogens (tertiary/aromatic N) is 1. The van der Waals surface area contributed by atoms with Crippen LogP contribution in [-0.2, 0) is 0 Å². The number of hydrogen-bond donors (Lipinski definition) is 0. The molecule has 0 heterocycles. The summed E-state index contributed by atoms with van der Waals surface area (Å²) in [7, 11) is 0. The Morgan fingerprint density at radius 3 is 2.70 bits per heavy atom. The standard InChI is InChI=1S/C16H21BrClNO/c1-12-6-5-9-14(15(12)17)16(20)19(11-10-18)13-7-3-2-4-8-13/h5-6,9,13H,2-4,7-8,10-11H2,1H3. The van der Waals surface area contributed by atoms with Crippen molar-refractivity contribution in [1.29, 1.82) is 0 Å². The number of carbonyl (C=O) groups excluding carboxylic acids is 1. The number of halogens is 2. The van der Waals surface area contributed by atoms with Crippen LogP contribution in [0, 0.1) is 6.92 Å². The molecule has 2 rings (SSSR count). The van der Waals surface area contributed by atoms with Gasteiger partial charge in [-0.2, -0.15) is 0 Å². The van der Waals surface area contributed by atoms with E-state index in [1.54, 1.807) is 0 Å². The quantitative estimate of drug-likeness (QED) is 0.710. The smallest absolute Gasteiger partial charge is 0.255 e. The number of rotatable bonds is 4. The molecule has 0 bridgehead atoms. The van der Waals surface area contributed by atoms with Crippen molar-refractivity contribution in [2.24, 2.45) is 0 Å². The largest absolute Gasteiger partial charge is 0.334 e. The van der Waals surface area contributed by atoms with Gasteiger partial charge in [0.05, 0.1) is 5.56 Å². The first-order valence-corrected chi connectivity index (χ1v) is 8.60. The molecule has 0 unspecified atom stereocenters. The van der Waals surface area contributed by atoms with Crippen molar-refractivity contribution < 1.29 is 4.79 Å². The maximum atomic E-state index is 12.8. The first-order valence-electron chi connectivity index (χ1n) is 7.27. The van der Waals surface area contributed by atoms with Gasteiger partial charge >= 0.3 is 0 Å². The van der Waals surface area contributed by atoms with E-state index in [1.807, 2.05) is 30.0 Å². The molecule has 0 radical (unpaired) electrons. The maximum absolute atomic E-state index is 12.8. The fourth-order valence-electron chi connectivity index (χ4n) is 2.90. The molecule has 1 fully saturated rings. The van der Waals surface area contributed by atoms with Crippen LogP contribution in [0.2, 0.25) is 0 Å². The molecule has 1 aliphatic carbocycles. The number of amides is 1. The predicted octanol–water partition coefficient (Wildman–Crippen LogP) is 4.77. The number of aryl methyl sites for hydroxylation is 1. The highest BCUT2D eigenvalue weighted by Gasteiger charge is 2.27. The van der Waals surface area contributed by atoms with E-state index in [0.717, 1.165) is 28.4 Å². The van der Waals surface area contributed by atoms with E-state index in [0.29, 0.717) is 18.5 Å². The highest BCUT2D eigenvalue weighted by atomic mass is 79.9. The van der Waals surface area contributed by atoms with Gasteiger partial charge in [0.1, 0.15) is 0 Å². The van der Waals surface area contributed by atoms with Crippen LogP contribution in [0.1, 0.15) is 48.0 Å². The highest BCUT2D eigenvalue weighted by molar-refractivity contribution is 9.10. The van der Waals surface area contributed by atoms with Crippen molar-refractivity contribution in [3.05, 3.63) is 33.8 Å². The molecule has 1 saturated carbocycles. The lowest BCUT2D eigenvalue weighted by molar-refractivity contribution is 0.0648. The van der Waals surface area contributed by atoms with Crippen LogP contribution < -0.4 is 0 Å². The Morgan fingerprint density at radius 2 is 2.05 bits per heavy atom. The minimum Gasteiger partial charge on any atom is -0.334 e. The fraction of sp³-hybridized carbons (Fsp3) is 0.562. The molecule has 0 atom stereocenters. The number of carbonyl (C=O) groups is 1. The van der Waals surface area contributed by atoms with E-state index in [2.05, 4.69) is 15.9 Å². The van der Waals surface area contributed by atoms with Crippen LogP contribution in [0.25, 0.3) is 0 Å². The van der Waals surface area contributed by atoms with E-state index in [4.69, 9.17) is 11.6 Å². The zero-order valence-electron chi connectivity index (χ0n) is 11.9. The van der Waals surface area contributed by atoms with Crippen molar-refractivity contribution in [3.63, 3.8) is 0 Å². The van der Waals surface area contributed by atoms with Crippen LogP contribution in [0.3, 0.4) is 0 Å². The summed E-state index contributed by atoms with van der Waals surface area (Å²) in [5.41, 5.74) is 1.84. The molecule has 20 heavy (non-hydrogen) atoms. The maximum Gasteiger partial charge on any atom is 0.255 e. The summed E-state index contributed by atoms with van der Waals surface area (Å²) in [6.07, 6.45) is 5.92. The Morgan fingerprint density at radius 1 is 1.35 bits per heavy atom. The Kier molecular flexibility index (Phi) is 5.91. The van der Waals surface area contributed by atoms with Crippen LogP contribution in [0.5, 0.6) is 0 Å². The third kappa shape index (κ3) is 3.56. The van der Waals surface area contributed by atoms with Crippen LogP contribution >= 0.6 is 27.5 Å². The first kappa shape index (κ1) is 15.8. The second-order valence-corrected chi connectivity index (χ2v) is 6.59. The number of alkyl halides is 1. The first-order chi connectivity index (χ1) is 9.65. The Hall–Kier alpha value is -0.540. The van der Waals surface area contributed by atoms with E-state index in [1.165, 1.54) is 19.3 Å². The molecule has 0 saturated heterocycles. The van der Waals surface area contributed by atoms with Gasteiger partial charge in [0, 0.05) is 22.9 Å². The summed E-state index contributed by atoms with van der Waals surface area (Å²) < 4.78 is 0.903. The number of benzene rings is 1. The third-order valence-electron chi connectivity index (χ3n) is 4.02. The molecule has 1 aromatic rings. The molecule has 0 N–H and O–H groups in total. The molecule has 110 valence electrons. The Balaban J connectivity index is 2.23. The molecule has 1 aromatic carbocycles. The van der Waals surface area contributed by atoms with E-state index >= 15 is 0 Å². The summed E-state index contributed by atoms with van der Waals surface area (Å²) in [6.45, 7) is 2.64. The van der Waals surface area contributed by atoms with Gasteiger partial charge in [-0.05, 0) is 47.3 Å². The topological polar surface area (TPSA) is 20.3 Å². The van der Waals surface area contributed by atoms with Gasteiger partial charge < -0.3 is 4.90 Å². The monoisotopic (exact) mass is 357 g/mol. The van der Waals surface area contributed by atoms with Crippen molar-refractivity contribution in [2.45, 2.75) is 45.1 Å².